The Balaban J connectivity index is 2.07. The standard InChI is InChI=1S/C14H18BrNO2/c1-9-8-10(15)6-7-11(9)14(18)16-12-4-2-3-5-13(12)17/h6-8,12-13,17H,2-5H2,1H3,(H,16,18)/t12-,13-/m0/s1. The second-order valence-electron chi connectivity index (χ2n) is 4.89. The lowest BCUT2D eigenvalue weighted by molar-refractivity contribution is 0.0717. The first-order chi connectivity index (χ1) is 8.58. The fraction of sp³-hybridized carbons (Fsp3) is 0.500. The van der Waals surface area contributed by atoms with Crippen LogP contribution in [-0.2, 0) is 0 Å². The van der Waals surface area contributed by atoms with E-state index in [-0.39, 0.29) is 11.9 Å². The van der Waals surface area contributed by atoms with Crippen LogP contribution in [0.25, 0.3) is 0 Å². The lowest BCUT2D eigenvalue weighted by atomic mass is 9.92. The molecule has 0 spiro atoms. The van der Waals surface area contributed by atoms with Gasteiger partial charge in [-0.3, -0.25) is 4.79 Å². The van der Waals surface area contributed by atoms with Crippen molar-refractivity contribution < 1.29 is 9.90 Å². The summed E-state index contributed by atoms with van der Waals surface area (Å²) in [5.41, 5.74) is 1.61. The first-order valence-corrected chi connectivity index (χ1v) is 7.12. The minimum absolute atomic E-state index is 0.0917. The van der Waals surface area contributed by atoms with Crippen LogP contribution >= 0.6 is 15.9 Å². The van der Waals surface area contributed by atoms with Gasteiger partial charge >= 0.3 is 0 Å². The third-order valence-electron chi connectivity index (χ3n) is 3.48. The highest BCUT2D eigenvalue weighted by molar-refractivity contribution is 9.10. The molecule has 18 heavy (non-hydrogen) atoms. The largest absolute Gasteiger partial charge is 0.391 e. The molecule has 2 rings (SSSR count). The molecule has 1 aliphatic carbocycles. The number of carbonyl (C=O) groups is 1. The molecule has 1 amide bonds. The summed E-state index contributed by atoms with van der Waals surface area (Å²) in [7, 11) is 0. The molecule has 1 aromatic carbocycles. The highest BCUT2D eigenvalue weighted by Crippen LogP contribution is 2.20. The molecular formula is C14H18BrNO2. The molecule has 0 aromatic heterocycles. The second kappa shape index (κ2) is 5.85. The van der Waals surface area contributed by atoms with E-state index in [0.29, 0.717) is 5.56 Å². The van der Waals surface area contributed by atoms with Gasteiger partial charge in [-0.2, -0.15) is 0 Å². The van der Waals surface area contributed by atoms with Crippen molar-refractivity contribution in [3.63, 3.8) is 0 Å². The van der Waals surface area contributed by atoms with E-state index in [0.717, 1.165) is 35.7 Å². The van der Waals surface area contributed by atoms with Gasteiger partial charge in [-0.15, -0.1) is 0 Å². The molecule has 0 radical (unpaired) electrons. The molecule has 4 heteroatoms. The normalized spacial score (nSPS) is 23.7. The van der Waals surface area contributed by atoms with E-state index in [9.17, 15) is 9.90 Å². The van der Waals surface area contributed by atoms with Crippen LogP contribution in [-0.4, -0.2) is 23.2 Å². The molecule has 0 unspecified atom stereocenters. The van der Waals surface area contributed by atoms with Crippen molar-refractivity contribution in [1.82, 2.24) is 5.32 Å². The molecule has 2 N–H and O–H groups in total. The number of carbonyl (C=O) groups excluding carboxylic acids is 1. The third-order valence-corrected chi connectivity index (χ3v) is 3.97. The molecule has 2 atom stereocenters. The minimum atomic E-state index is -0.404. The van der Waals surface area contributed by atoms with Crippen LogP contribution in [0.2, 0.25) is 0 Å². The zero-order valence-electron chi connectivity index (χ0n) is 10.4. The molecule has 0 heterocycles. The van der Waals surface area contributed by atoms with Crippen molar-refractivity contribution in [3.8, 4) is 0 Å². The lowest BCUT2D eigenvalue weighted by Crippen LogP contribution is -2.45. The molecule has 0 aliphatic heterocycles. The predicted octanol–water partition coefficient (Wildman–Crippen LogP) is 2.79. The molecular weight excluding hydrogens is 294 g/mol. The van der Waals surface area contributed by atoms with Crippen LogP contribution in [0.1, 0.15) is 41.6 Å². The third kappa shape index (κ3) is 3.12. The zero-order valence-corrected chi connectivity index (χ0v) is 12.0. The van der Waals surface area contributed by atoms with Crippen LogP contribution in [0, 0.1) is 6.92 Å². The number of aryl methyl sites for hydroxylation is 1. The summed E-state index contributed by atoms with van der Waals surface area (Å²) >= 11 is 3.38. The number of benzene rings is 1. The molecule has 1 aromatic rings. The summed E-state index contributed by atoms with van der Waals surface area (Å²) < 4.78 is 0.967. The number of hydrogen-bond acceptors (Lipinski definition) is 2. The van der Waals surface area contributed by atoms with Crippen molar-refractivity contribution in [2.24, 2.45) is 0 Å². The van der Waals surface area contributed by atoms with Gasteiger partial charge in [0.1, 0.15) is 0 Å². The molecule has 1 fully saturated rings. The summed E-state index contributed by atoms with van der Waals surface area (Å²) in [5, 5.41) is 12.8. The number of halogens is 1. The Bertz CT molecular complexity index is 447. The van der Waals surface area contributed by atoms with E-state index < -0.39 is 6.10 Å². The fourth-order valence-electron chi connectivity index (χ4n) is 2.41. The van der Waals surface area contributed by atoms with Gasteiger partial charge in [-0.1, -0.05) is 28.8 Å². The number of hydrogen-bond donors (Lipinski definition) is 2. The van der Waals surface area contributed by atoms with E-state index >= 15 is 0 Å². The molecule has 1 aliphatic rings. The van der Waals surface area contributed by atoms with Crippen LogP contribution in [0.4, 0.5) is 0 Å². The van der Waals surface area contributed by atoms with E-state index in [1.807, 2.05) is 25.1 Å². The Morgan fingerprint density at radius 3 is 2.78 bits per heavy atom. The maximum Gasteiger partial charge on any atom is 0.251 e. The molecule has 0 saturated heterocycles. The SMILES string of the molecule is Cc1cc(Br)ccc1C(=O)N[C@H]1CCCC[C@@H]1O. The van der Waals surface area contributed by atoms with Crippen molar-refractivity contribution in [2.75, 3.05) is 0 Å². The van der Waals surface area contributed by atoms with Gasteiger partial charge < -0.3 is 10.4 Å². The monoisotopic (exact) mass is 311 g/mol. The lowest BCUT2D eigenvalue weighted by Gasteiger charge is -2.28. The van der Waals surface area contributed by atoms with E-state index in [4.69, 9.17) is 0 Å². The summed E-state index contributed by atoms with van der Waals surface area (Å²) in [6.07, 6.45) is 3.36. The fourth-order valence-corrected chi connectivity index (χ4v) is 2.88. The van der Waals surface area contributed by atoms with E-state index in [2.05, 4.69) is 21.2 Å². The Hall–Kier alpha value is -0.870. The van der Waals surface area contributed by atoms with Gasteiger partial charge in [-0.05, 0) is 43.5 Å². The molecule has 3 nitrogen and oxygen atoms in total. The van der Waals surface area contributed by atoms with Crippen molar-refractivity contribution in [2.45, 2.75) is 44.8 Å². The Kier molecular flexibility index (Phi) is 4.40. The van der Waals surface area contributed by atoms with Gasteiger partial charge in [-0.25, -0.2) is 0 Å². The minimum Gasteiger partial charge on any atom is -0.391 e. The number of aliphatic hydroxyl groups is 1. The number of amides is 1. The molecule has 1 saturated carbocycles. The van der Waals surface area contributed by atoms with Crippen LogP contribution in [0.15, 0.2) is 22.7 Å². The smallest absolute Gasteiger partial charge is 0.251 e. The van der Waals surface area contributed by atoms with Gasteiger partial charge in [0.05, 0.1) is 12.1 Å². The maximum absolute atomic E-state index is 12.2. The van der Waals surface area contributed by atoms with Crippen LogP contribution in [0.5, 0.6) is 0 Å². The maximum atomic E-state index is 12.2. The Morgan fingerprint density at radius 1 is 1.39 bits per heavy atom. The predicted molar refractivity (Wildman–Crippen MR) is 74.6 cm³/mol. The van der Waals surface area contributed by atoms with Crippen molar-refractivity contribution in [1.29, 1.82) is 0 Å². The van der Waals surface area contributed by atoms with E-state index in [1.165, 1.54) is 0 Å². The summed E-state index contributed by atoms with van der Waals surface area (Å²) in [4.78, 5) is 12.2. The summed E-state index contributed by atoms with van der Waals surface area (Å²) in [6.45, 7) is 1.91. The van der Waals surface area contributed by atoms with Crippen molar-refractivity contribution in [3.05, 3.63) is 33.8 Å². The Morgan fingerprint density at radius 2 is 2.11 bits per heavy atom. The number of nitrogens with one attached hydrogen (secondary N) is 1. The van der Waals surface area contributed by atoms with Gasteiger partial charge in [0.2, 0.25) is 0 Å². The highest BCUT2D eigenvalue weighted by atomic mass is 79.9. The average Bonchev–Trinajstić information content (AvgIpc) is 2.32. The second-order valence-corrected chi connectivity index (χ2v) is 5.81. The topological polar surface area (TPSA) is 49.3 Å². The van der Waals surface area contributed by atoms with Crippen LogP contribution in [0.3, 0.4) is 0 Å². The first-order valence-electron chi connectivity index (χ1n) is 6.33. The van der Waals surface area contributed by atoms with Gasteiger partial charge in [0, 0.05) is 10.0 Å². The number of aliphatic hydroxyl groups excluding tert-OH is 1. The molecule has 98 valence electrons. The van der Waals surface area contributed by atoms with Gasteiger partial charge in [0.25, 0.3) is 5.91 Å². The molecule has 0 bridgehead atoms. The first kappa shape index (κ1) is 13.6. The van der Waals surface area contributed by atoms with E-state index in [1.54, 1.807) is 0 Å². The summed E-state index contributed by atoms with van der Waals surface area (Å²) in [5.74, 6) is -0.0917. The highest BCUT2D eigenvalue weighted by Gasteiger charge is 2.25. The number of rotatable bonds is 2. The summed E-state index contributed by atoms with van der Waals surface area (Å²) in [6, 6.07) is 5.49. The quantitative estimate of drug-likeness (QED) is 0.882. The van der Waals surface area contributed by atoms with Crippen LogP contribution < -0.4 is 5.32 Å². The van der Waals surface area contributed by atoms with Gasteiger partial charge in [0.15, 0.2) is 0 Å². The Labute approximate surface area is 116 Å². The zero-order chi connectivity index (χ0) is 13.1. The van der Waals surface area contributed by atoms with Crippen molar-refractivity contribution >= 4 is 21.8 Å². The average molecular weight is 312 g/mol.